The van der Waals surface area contributed by atoms with Gasteiger partial charge >= 0.3 is 5.97 Å². The molecule has 1 aromatic carbocycles. The van der Waals surface area contributed by atoms with E-state index in [2.05, 4.69) is 6.92 Å². The Labute approximate surface area is 140 Å². The fraction of sp³-hybridized carbons (Fsp3) is 0.368. The molecule has 0 saturated carbocycles. The smallest absolute Gasteiger partial charge is 0.305 e. The van der Waals surface area contributed by atoms with Crippen molar-refractivity contribution in [3.63, 3.8) is 0 Å². The zero-order valence-electron chi connectivity index (χ0n) is 13.7. The fourth-order valence-corrected chi connectivity index (χ4v) is 3.17. The van der Waals surface area contributed by atoms with E-state index in [0.717, 1.165) is 24.8 Å². The van der Waals surface area contributed by atoms with Gasteiger partial charge in [-0.2, -0.15) is 0 Å². The van der Waals surface area contributed by atoms with Crippen molar-refractivity contribution in [2.45, 2.75) is 38.6 Å². The van der Waals surface area contributed by atoms with Crippen molar-refractivity contribution in [1.82, 2.24) is 4.90 Å². The van der Waals surface area contributed by atoms with Crippen LogP contribution in [0.4, 0.5) is 0 Å². The van der Waals surface area contributed by atoms with Crippen molar-refractivity contribution < 1.29 is 19.1 Å². The highest BCUT2D eigenvalue weighted by molar-refractivity contribution is 5.92. The lowest BCUT2D eigenvalue weighted by atomic mass is 10.1. The van der Waals surface area contributed by atoms with Gasteiger partial charge in [0.25, 0.3) is 5.91 Å². The number of aryl methyl sites for hydroxylation is 1. The van der Waals surface area contributed by atoms with Gasteiger partial charge in [0.1, 0.15) is 5.76 Å². The lowest BCUT2D eigenvalue weighted by molar-refractivity contribution is -0.137. The zero-order valence-corrected chi connectivity index (χ0v) is 13.7. The van der Waals surface area contributed by atoms with Gasteiger partial charge in [-0.15, -0.1) is 0 Å². The number of carbonyl (C=O) groups is 2. The molecule has 1 N–H and O–H groups in total. The molecule has 0 bridgehead atoms. The SMILES string of the molecule is CCc1ccc(-c2ccc(C(=O)N3CCCC3CC(=O)O)o2)cc1. The largest absolute Gasteiger partial charge is 0.481 e. The second-order valence-corrected chi connectivity index (χ2v) is 6.11. The normalized spacial score (nSPS) is 17.2. The van der Waals surface area contributed by atoms with Crippen molar-refractivity contribution in [1.29, 1.82) is 0 Å². The molecule has 1 aromatic heterocycles. The topological polar surface area (TPSA) is 70.8 Å². The number of rotatable bonds is 5. The summed E-state index contributed by atoms with van der Waals surface area (Å²) >= 11 is 0. The molecule has 1 saturated heterocycles. The fourth-order valence-electron chi connectivity index (χ4n) is 3.17. The Morgan fingerprint density at radius 2 is 1.96 bits per heavy atom. The number of furan rings is 1. The van der Waals surface area contributed by atoms with E-state index in [-0.39, 0.29) is 24.1 Å². The van der Waals surface area contributed by atoms with Crippen LogP contribution in [-0.4, -0.2) is 34.5 Å². The maximum Gasteiger partial charge on any atom is 0.305 e. The van der Waals surface area contributed by atoms with Crippen LogP contribution in [0.25, 0.3) is 11.3 Å². The number of benzene rings is 1. The molecule has 24 heavy (non-hydrogen) atoms. The lowest BCUT2D eigenvalue weighted by Crippen LogP contribution is -2.36. The Kier molecular flexibility index (Phi) is 4.69. The van der Waals surface area contributed by atoms with Gasteiger partial charge in [-0.05, 0) is 37.0 Å². The minimum atomic E-state index is -0.879. The summed E-state index contributed by atoms with van der Waals surface area (Å²) in [5, 5.41) is 8.98. The van der Waals surface area contributed by atoms with Crippen molar-refractivity contribution in [2.24, 2.45) is 0 Å². The van der Waals surface area contributed by atoms with E-state index in [0.29, 0.717) is 12.3 Å². The van der Waals surface area contributed by atoms with Gasteiger partial charge in [-0.3, -0.25) is 9.59 Å². The molecule has 1 aliphatic rings. The van der Waals surface area contributed by atoms with E-state index >= 15 is 0 Å². The first kappa shape index (κ1) is 16.3. The van der Waals surface area contributed by atoms with Crippen LogP contribution in [0.1, 0.15) is 42.3 Å². The van der Waals surface area contributed by atoms with E-state index in [1.54, 1.807) is 17.0 Å². The van der Waals surface area contributed by atoms with Crippen LogP contribution >= 0.6 is 0 Å². The van der Waals surface area contributed by atoms with E-state index < -0.39 is 5.97 Å². The maximum absolute atomic E-state index is 12.6. The number of likely N-dealkylation sites (tertiary alicyclic amines) is 1. The standard InChI is InChI=1S/C19H21NO4/c1-2-13-5-7-14(8-6-13)16-9-10-17(24-16)19(23)20-11-3-4-15(20)12-18(21)22/h5-10,15H,2-4,11-12H2,1H3,(H,21,22). The van der Waals surface area contributed by atoms with E-state index in [9.17, 15) is 9.59 Å². The molecule has 1 aliphatic heterocycles. The Balaban J connectivity index is 1.76. The maximum atomic E-state index is 12.6. The van der Waals surface area contributed by atoms with Gasteiger partial charge in [0.05, 0.1) is 6.42 Å². The van der Waals surface area contributed by atoms with E-state index in [1.165, 1.54) is 5.56 Å². The van der Waals surface area contributed by atoms with Gasteiger partial charge in [0.15, 0.2) is 5.76 Å². The van der Waals surface area contributed by atoms with Crippen molar-refractivity contribution in [3.05, 3.63) is 47.7 Å². The number of carboxylic acid groups (broad SMARTS) is 1. The van der Waals surface area contributed by atoms with Crippen LogP contribution in [0.3, 0.4) is 0 Å². The molecular weight excluding hydrogens is 306 g/mol. The third-order valence-electron chi connectivity index (χ3n) is 4.51. The molecule has 0 spiro atoms. The number of carboxylic acids is 1. The third kappa shape index (κ3) is 3.35. The van der Waals surface area contributed by atoms with Crippen molar-refractivity contribution >= 4 is 11.9 Å². The molecule has 5 nitrogen and oxygen atoms in total. The van der Waals surface area contributed by atoms with Gasteiger partial charge in [-0.1, -0.05) is 31.2 Å². The summed E-state index contributed by atoms with van der Waals surface area (Å²) in [6, 6.07) is 11.3. The lowest BCUT2D eigenvalue weighted by Gasteiger charge is -2.22. The highest BCUT2D eigenvalue weighted by atomic mass is 16.4. The monoisotopic (exact) mass is 327 g/mol. The first-order chi connectivity index (χ1) is 11.6. The quantitative estimate of drug-likeness (QED) is 0.911. The summed E-state index contributed by atoms with van der Waals surface area (Å²) in [4.78, 5) is 25.2. The molecule has 1 atom stereocenters. The third-order valence-corrected chi connectivity index (χ3v) is 4.51. The molecule has 0 aliphatic carbocycles. The van der Waals surface area contributed by atoms with Crippen LogP contribution in [0.5, 0.6) is 0 Å². The Hall–Kier alpha value is -2.56. The minimum absolute atomic E-state index is 0.0161. The van der Waals surface area contributed by atoms with E-state index in [1.807, 2.05) is 24.3 Å². The number of hydrogen-bond donors (Lipinski definition) is 1. The second-order valence-electron chi connectivity index (χ2n) is 6.11. The van der Waals surface area contributed by atoms with Crippen LogP contribution in [-0.2, 0) is 11.2 Å². The molecule has 1 amide bonds. The first-order valence-electron chi connectivity index (χ1n) is 8.30. The average molecular weight is 327 g/mol. The van der Waals surface area contributed by atoms with Gasteiger partial charge in [0.2, 0.25) is 0 Å². The highest BCUT2D eigenvalue weighted by Gasteiger charge is 2.32. The first-order valence-corrected chi connectivity index (χ1v) is 8.30. The number of nitrogens with zero attached hydrogens (tertiary/aromatic N) is 1. The molecule has 3 rings (SSSR count). The van der Waals surface area contributed by atoms with Gasteiger partial charge in [0, 0.05) is 18.2 Å². The summed E-state index contributed by atoms with van der Waals surface area (Å²) in [6.45, 7) is 2.68. The molecule has 5 heteroatoms. The molecule has 1 unspecified atom stereocenters. The summed E-state index contributed by atoms with van der Waals surface area (Å²) < 4.78 is 5.73. The number of hydrogen-bond acceptors (Lipinski definition) is 3. The van der Waals surface area contributed by atoms with Crippen molar-refractivity contribution in [2.75, 3.05) is 6.54 Å². The number of amides is 1. The predicted molar refractivity (Wildman–Crippen MR) is 89.8 cm³/mol. The molecule has 2 heterocycles. The van der Waals surface area contributed by atoms with E-state index in [4.69, 9.17) is 9.52 Å². The summed E-state index contributed by atoms with van der Waals surface area (Å²) in [5.74, 6) is -0.192. The van der Waals surface area contributed by atoms with Gasteiger partial charge < -0.3 is 14.4 Å². The predicted octanol–water partition coefficient (Wildman–Crippen LogP) is 3.59. The highest BCUT2D eigenvalue weighted by Crippen LogP contribution is 2.27. The average Bonchev–Trinajstić information content (AvgIpc) is 3.23. The van der Waals surface area contributed by atoms with Crippen LogP contribution < -0.4 is 0 Å². The Morgan fingerprint density at radius 1 is 1.21 bits per heavy atom. The van der Waals surface area contributed by atoms with Crippen LogP contribution in [0.15, 0.2) is 40.8 Å². The summed E-state index contributed by atoms with van der Waals surface area (Å²) in [6.07, 6.45) is 2.51. The molecule has 2 aromatic rings. The van der Waals surface area contributed by atoms with Crippen LogP contribution in [0.2, 0.25) is 0 Å². The van der Waals surface area contributed by atoms with Gasteiger partial charge in [-0.25, -0.2) is 0 Å². The summed E-state index contributed by atoms with van der Waals surface area (Å²) in [5.41, 5.74) is 2.17. The summed E-state index contributed by atoms with van der Waals surface area (Å²) in [7, 11) is 0. The number of aliphatic carboxylic acids is 1. The zero-order chi connectivity index (χ0) is 17.1. The second kappa shape index (κ2) is 6.91. The molecule has 0 radical (unpaired) electrons. The van der Waals surface area contributed by atoms with Crippen molar-refractivity contribution in [3.8, 4) is 11.3 Å². The number of carbonyl (C=O) groups excluding carboxylic acids is 1. The molecular formula is C19H21NO4. The Bertz CT molecular complexity index is 732. The Morgan fingerprint density at radius 3 is 2.62 bits per heavy atom. The minimum Gasteiger partial charge on any atom is -0.481 e. The van der Waals surface area contributed by atoms with Crippen LogP contribution in [0, 0.1) is 0 Å². The molecule has 1 fully saturated rings. The molecule has 126 valence electrons.